The Kier molecular flexibility index (Phi) is 31.8. The molecule has 0 rings (SSSR count). The average Bonchev–Trinajstić information content (AvgIpc) is 2.56. The van der Waals surface area contributed by atoms with Gasteiger partial charge in [-0.3, -0.25) is 0 Å². The lowest BCUT2D eigenvalue weighted by Gasteiger charge is -2.07. The van der Waals surface area contributed by atoms with Crippen molar-refractivity contribution in [2.45, 2.75) is 52.9 Å². The molecule has 0 aromatic rings. The van der Waals surface area contributed by atoms with E-state index in [1.165, 1.54) is 22.0 Å². The summed E-state index contributed by atoms with van der Waals surface area (Å²) in [5.41, 5.74) is 0. The van der Waals surface area contributed by atoms with Gasteiger partial charge < -0.3 is 4.89 Å². The molecule has 0 aromatic carbocycles. The molecule has 0 aromatic heterocycles. The molecule has 0 aliphatic rings. The van der Waals surface area contributed by atoms with Crippen LogP contribution in [0.4, 0.5) is 0 Å². The van der Waals surface area contributed by atoms with E-state index in [0.29, 0.717) is 13.2 Å². The zero-order valence-corrected chi connectivity index (χ0v) is 19.5. The highest BCUT2D eigenvalue weighted by Crippen LogP contribution is 2.49. The van der Waals surface area contributed by atoms with Crippen LogP contribution in [0.25, 0.3) is 0 Å². The van der Waals surface area contributed by atoms with E-state index >= 15 is 0 Å². The van der Waals surface area contributed by atoms with E-state index in [0.717, 1.165) is 25.7 Å². The quantitative estimate of drug-likeness (QED) is 0.0611. The van der Waals surface area contributed by atoms with Crippen LogP contribution < -0.4 is 0 Å². The molecular formula is C11H27O5PS6. The summed E-state index contributed by atoms with van der Waals surface area (Å²) in [7, 11) is 6.65. The van der Waals surface area contributed by atoms with Gasteiger partial charge in [-0.1, -0.05) is 56.1 Å². The van der Waals surface area contributed by atoms with Gasteiger partial charge in [0.2, 0.25) is 0 Å². The van der Waals surface area contributed by atoms with Crippen molar-refractivity contribution < 1.29 is 24.0 Å². The molecular weight excluding hydrogens is 435 g/mol. The van der Waals surface area contributed by atoms with Gasteiger partial charge >= 0.3 is 8.60 Å². The Labute approximate surface area is 165 Å². The molecule has 0 heterocycles. The first kappa shape index (κ1) is 27.5. The molecule has 0 bridgehead atoms. The van der Waals surface area contributed by atoms with Crippen molar-refractivity contribution in [1.82, 2.24) is 0 Å². The van der Waals surface area contributed by atoms with Crippen LogP contribution in [0, 0.1) is 0 Å². The predicted octanol–water partition coefficient (Wildman–Crippen LogP) is 7.27. The number of unbranched alkanes of at least 4 members (excludes halogenated alkanes) is 2. The minimum atomic E-state index is -2.06. The molecule has 0 saturated carbocycles. The maximum Gasteiger partial charge on any atom is 0.389 e. The third-order valence-corrected chi connectivity index (χ3v) is 11.5. The fourth-order valence-electron chi connectivity index (χ4n) is 0.744. The zero-order chi connectivity index (χ0) is 17.6. The van der Waals surface area contributed by atoms with Crippen LogP contribution in [0.1, 0.15) is 52.9 Å². The van der Waals surface area contributed by atoms with Crippen LogP contribution in [0.3, 0.4) is 0 Å². The Morgan fingerprint density at radius 3 is 1.87 bits per heavy atom. The molecule has 5 nitrogen and oxygen atoms in total. The summed E-state index contributed by atoms with van der Waals surface area (Å²) in [5, 5.41) is 0. The summed E-state index contributed by atoms with van der Waals surface area (Å²) in [4.78, 5) is 18.4. The van der Waals surface area contributed by atoms with E-state index in [-0.39, 0.29) is 0 Å². The average molecular weight is 463 g/mol. The second-order valence-electron chi connectivity index (χ2n) is 3.84. The molecule has 0 amide bonds. The Morgan fingerprint density at radius 1 is 0.870 bits per heavy atom. The lowest BCUT2D eigenvalue weighted by molar-refractivity contribution is -0.267. The minimum Gasteiger partial charge on any atom is -0.325 e. The summed E-state index contributed by atoms with van der Waals surface area (Å²) < 4.78 is 8.99. The maximum atomic E-state index is 9.02. The molecule has 0 unspecified atom stereocenters. The summed E-state index contributed by atoms with van der Waals surface area (Å²) in [6.45, 7) is 7.17. The lowest BCUT2D eigenvalue weighted by Crippen LogP contribution is -1.97. The Balaban J connectivity index is 0. The van der Waals surface area contributed by atoms with E-state index in [1.54, 1.807) is 19.7 Å². The summed E-state index contributed by atoms with van der Waals surface area (Å²) in [6, 6.07) is 0. The fraction of sp³-hybridized carbons (Fsp3) is 1.00. The third kappa shape index (κ3) is 29.4. The van der Waals surface area contributed by atoms with Gasteiger partial charge in [0, 0.05) is 5.75 Å². The molecule has 12 heteroatoms. The zero-order valence-electron chi connectivity index (χ0n) is 13.7. The standard InChI is InChI=1S/C8H19O5P.C3H8S6/c1-3-5-7-10-12-14(9)13-11-8-6-4-2;1-2-3-5-7-9-8-6-4/h9H,3-8H2,1-2H3;4H,2-3H2,1H3. The van der Waals surface area contributed by atoms with E-state index in [2.05, 4.69) is 37.7 Å². The summed E-state index contributed by atoms with van der Waals surface area (Å²) >= 11 is 3.98. The number of rotatable bonds is 16. The largest absolute Gasteiger partial charge is 0.389 e. The monoisotopic (exact) mass is 462 g/mol. The van der Waals surface area contributed by atoms with E-state index in [1.807, 2.05) is 34.5 Å². The highest BCUT2D eigenvalue weighted by molar-refractivity contribution is 9.41. The van der Waals surface area contributed by atoms with Gasteiger partial charge in [0.1, 0.15) is 0 Å². The van der Waals surface area contributed by atoms with Crippen LogP contribution in [-0.4, -0.2) is 23.9 Å². The van der Waals surface area contributed by atoms with Gasteiger partial charge in [-0.25, -0.2) is 9.78 Å². The van der Waals surface area contributed by atoms with Crippen molar-refractivity contribution in [2.75, 3.05) is 19.0 Å². The van der Waals surface area contributed by atoms with Crippen molar-refractivity contribution in [3.63, 3.8) is 0 Å². The van der Waals surface area contributed by atoms with Gasteiger partial charge in [0.25, 0.3) is 0 Å². The van der Waals surface area contributed by atoms with E-state index in [4.69, 9.17) is 4.89 Å². The van der Waals surface area contributed by atoms with Crippen molar-refractivity contribution in [3.05, 3.63) is 0 Å². The first-order valence-electron chi connectivity index (χ1n) is 7.24. The summed E-state index contributed by atoms with van der Waals surface area (Å²) in [6.07, 6.45) is 5.07. The van der Waals surface area contributed by atoms with E-state index in [9.17, 15) is 0 Å². The number of hydrogen-bond donors (Lipinski definition) is 2. The van der Waals surface area contributed by atoms with Gasteiger partial charge in [-0.05, 0) is 58.6 Å². The van der Waals surface area contributed by atoms with Gasteiger partial charge in [0.05, 0.1) is 13.2 Å². The molecule has 0 radical (unpaired) electrons. The Morgan fingerprint density at radius 2 is 1.43 bits per heavy atom. The summed E-state index contributed by atoms with van der Waals surface area (Å²) in [5.74, 6) is 1.25. The van der Waals surface area contributed by atoms with Crippen molar-refractivity contribution >= 4 is 70.4 Å². The van der Waals surface area contributed by atoms with Gasteiger partial charge in [-0.15, -0.1) is 0 Å². The van der Waals surface area contributed by atoms with Crippen molar-refractivity contribution in [2.24, 2.45) is 0 Å². The Bertz CT molecular complexity index is 194. The molecule has 0 saturated heterocycles. The molecule has 0 aliphatic carbocycles. The molecule has 142 valence electrons. The number of hydrogen-bond acceptors (Lipinski definition) is 11. The lowest BCUT2D eigenvalue weighted by atomic mass is 10.4. The molecule has 1 N–H and O–H groups in total. The van der Waals surface area contributed by atoms with Crippen LogP contribution in [0.15, 0.2) is 0 Å². The molecule has 0 aliphatic heterocycles. The highest BCUT2D eigenvalue weighted by Gasteiger charge is 2.08. The van der Waals surface area contributed by atoms with Gasteiger partial charge in [-0.2, -0.15) is 9.35 Å². The second kappa shape index (κ2) is 26.6. The second-order valence-corrected chi connectivity index (χ2v) is 13.2. The van der Waals surface area contributed by atoms with Crippen LogP contribution in [-0.2, 0) is 19.1 Å². The van der Waals surface area contributed by atoms with Crippen LogP contribution >= 0.6 is 70.4 Å². The first-order valence-corrected chi connectivity index (χ1v) is 15.7. The number of thiol groups is 1. The molecule has 0 spiro atoms. The SMILES string of the molecule is CCCCOOP(O)OOCCCC.CCCSSSSSS. The maximum absolute atomic E-state index is 9.02. The smallest absolute Gasteiger partial charge is 0.325 e. The van der Waals surface area contributed by atoms with Gasteiger partial charge in [0.15, 0.2) is 0 Å². The molecule has 23 heavy (non-hydrogen) atoms. The minimum absolute atomic E-state index is 0.453. The predicted molar refractivity (Wildman–Crippen MR) is 115 cm³/mol. The topological polar surface area (TPSA) is 57.2 Å². The molecule has 0 atom stereocenters. The van der Waals surface area contributed by atoms with Crippen molar-refractivity contribution in [1.29, 1.82) is 0 Å². The van der Waals surface area contributed by atoms with E-state index < -0.39 is 8.60 Å². The van der Waals surface area contributed by atoms with Crippen LogP contribution in [0.2, 0.25) is 0 Å². The third-order valence-electron chi connectivity index (χ3n) is 1.82. The fourth-order valence-corrected chi connectivity index (χ4v) is 9.97. The Hall–Kier alpha value is 2.33. The first-order chi connectivity index (χ1) is 11.2. The van der Waals surface area contributed by atoms with Crippen LogP contribution in [0.5, 0.6) is 0 Å². The molecule has 0 fully saturated rings. The highest BCUT2D eigenvalue weighted by atomic mass is 33.9. The normalized spacial score (nSPS) is 10.7. The van der Waals surface area contributed by atoms with Crippen molar-refractivity contribution in [3.8, 4) is 0 Å².